The first-order valence-electron chi connectivity index (χ1n) is 10.4. The van der Waals surface area contributed by atoms with Crippen molar-refractivity contribution >= 4 is 29.3 Å². The Bertz CT molecular complexity index is 1140. The standard InChI is InChI=1S/C25H22N2O5S/c28-22(27-23(24(29)30)21-11-6-14-33-21)12-5-13-26-25(31)32-15-20-18-9-3-1-7-16(18)17-8-2-4-10-19(17)20/h1-12,14,20,23H,13,15H2,(H,26,31)(H,27,28)(H,29,30)/b12-5+. The van der Waals surface area contributed by atoms with E-state index in [2.05, 4.69) is 22.8 Å². The van der Waals surface area contributed by atoms with E-state index in [4.69, 9.17) is 4.74 Å². The molecule has 7 nitrogen and oxygen atoms in total. The third-order valence-electron chi connectivity index (χ3n) is 5.34. The normalized spacial score (nSPS) is 13.2. The van der Waals surface area contributed by atoms with Crippen molar-refractivity contribution in [1.29, 1.82) is 0 Å². The summed E-state index contributed by atoms with van der Waals surface area (Å²) in [5.74, 6) is -1.74. The minimum Gasteiger partial charge on any atom is -0.479 e. The topological polar surface area (TPSA) is 105 Å². The monoisotopic (exact) mass is 462 g/mol. The van der Waals surface area contributed by atoms with E-state index in [9.17, 15) is 19.5 Å². The fraction of sp³-hybridized carbons (Fsp3) is 0.160. The van der Waals surface area contributed by atoms with E-state index in [1.165, 1.54) is 23.5 Å². The zero-order valence-electron chi connectivity index (χ0n) is 17.6. The lowest BCUT2D eigenvalue weighted by molar-refractivity contribution is -0.141. The van der Waals surface area contributed by atoms with Gasteiger partial charge in [0.1, 0.15) is 6.61 Å². The van der Waals surface area contributed by atoms with Crippen LogP contribution in [-0.2, 0) is 14.3 Å². The summed E-state index contributed by atoms with van der Waals surface area (Å²) in [7, 11) is 0. The number of aliphatic carboxylic acids is 1. The first kappa shape index (κ1) is 22.3. The Morgan fingerprint density at radius 1 is 1.00 bits per heavy atom. The number of thiophene rings is 1. The van der Waals surface area contributed by atoms with Crippen LogP contribution in [-0.4, -0.2) is 36.2 Å². The largest absolute Gasteiger partial charge is 0.479 e. The highest BCUT2D eigenvalue weighted by molar-refractivity contribution is 7.10. The van der Waals surface area contributed by atoms with E-state index >= 15 is 0 Å². The van der Waals surface area contributed by atoms with Crippen LogP contribution in [0.1, 0.15) is 28.0 Å². The average molecular weight is 463 g/mol. The van der Waals surface area contributed by atoms with Crippen molar-refractivity contribution in [2.75, 3.05) is 13.2 Å². The SMILES string of the molecule is O=C(/C=C/CNC(=O)OCC1c2ccccc2-c2ccccc21)NC(C(=O)O)c1cccs1. The molecule has 1 aromatic heterocycles. The molecular weight excluding hydrogens is 440 g/mol. The first-order chi connectivity index (χ1) is 16.0. The van der Waals surface area contributed by atoms with Crippen LogP contribution in [0.2, 0.25) is 0 Å². The first-order valence-corrected chi connectivity index (χ1v) is 11.2. The lowest BCUT2D eigenvalue weighted by Crippen LogP contribution is -2.32. The van der Waals surface area contributed by atoms with E-state index in [0.29, 0.717) is 4.88 Å². The molecule has 1 aliphatic rings. The number of carbonyl (C=O) groups excluding carboxylic acids is 2. The summed E-state index contributed by atoms with van der Waals surface area (Å²) < 4.78 is 5.43. The highest BCUT2D eigenvalue weighted by Gasteiger charge is 2.29. The van der Waals surface area contributed by atoms with E-state index in [1.807, 2.05) is 36.4 Å². The Morgan fingerprint density at radius 2 is 1.67 bits per heavy atom. The summed E-state index contributed by atoms with van der Waals surface area (Å²) in [6, 6.07) is 18.4. The molecule has 8 heteroatoms. The maximum absolute atomic E-state index is 12.1. The number of alkyl carbamates (subject to hydrolysis) is 1. The molecule has 1 atom stereocenters. The summed E-state index contributed by atoms with van der Waals surface area (Å²) in [5.41, 5.74) is 4.56. The predicted molar refractivity (Wildman–Crippen MR) is 125 cm³/mol. The summed E-state index contributed by atoms with van der Waals surface area (Å²) in [4.78, 5) is 36.1. The molecule has 2 amide bonds. The molecule has 1 aliphatic carbocycles. The van der Waals surface area contributed by atoms with Crippen molar-refractivity contribution in [1.82, 2.24) is 10.6 Å². The number of hydrogen-bond donors (Lipinski definition) is 3. The van der Waals surface area contributed by atoms with E-state index in [-0.39, 0.29) is 19.1 Å². The Morgan fingerprint density at radius 3 is 2.27 bits per heavy atom. The quantitative estimate of drug-likeness (QED) is 0.438. The summed E-state index contributed by atoms with van der Waals surface area (Å²) in [6.45, 7) is 0.270. The number of benzene rings is 2. The maximum Gasteiger partial charge on any atom is 0.407 e. The van der Waals surface area contributed by atoms with Gasteiger partial charge in [0.2, 0.25) is 5.91 Å². The van der Waals surface area contributed by atoms with Gasteiger partial charge >= 0.3 is 12.1 Å². The van der Waals surface area contributed by atoms with Gasteiger partial charge in [-0.15, -0.1) is 11.3 Å². The van der Waals surface area contributed by atoms with Gasteiger partial charge in [-0.3, -0.25) is 4.79 Å². The molecule has 168 valence electrons. The van der Waals surface area contributed by atoms with Crippen LogP contribution in [0.3, 0.4) is 0 Å². The molecule has 1 heterocycles. The van der Waals surface area contributed by atoms with Crippen LogP contribution < -0.4 is 10.6 Å². The van der Waals surface area contributed by atoms with Crippen LogP contribution in [0.25, 0.3) is 11.1 Å². The Labute approximate surface area is 194 Å². The van der Waals surface area contributed by atoms with E-state index in [1.54, 1.807) is 17.5 Å². The molecule has 0 fully saturated rings. The van der Waals surface area contributed by atoms with E-state index in [0.717, 1.165) is 22.3 Å². The third kappa shape index (κ3) is 5.12. The molecule has 0 bridgehead atoms. The molecular formula is C25H22N2O5S. The second kappa shape index (κ2) is 10.1. The van der Waals surface area contributed by atoms with Crippen LogP contribution in [0.15, 0.2) is 78.2 Å². The minimum absolute atomic E-state index is 0.0327. The Balaban J connectivity index is 1.26. The Hall–Kier alpha value is -3.91. The molecule has 1 unspecified atom stereocenters. The van der Waals surface area contributed by atoms with Crippen LogP contribution >= 0.6 is 11.3 Å². The fourth-order valence-electron chi connectivity index (χ4n) is 3.86. The molecule has 3 N–H and O–H groups in total. The number of hydrogen-bond acceptors (Lipinski definition) is 5. The molecule has 3 aromatic rings. The van der Waals surface area contributed by atoms with Crippen LogP contribution in [0.4, 0.5) is 4.79 Å². The minimum atomic E-state index is -1.14. The van der Waals surface area contributed by atoms with Gasteiger partial charge in [-0.1, -0.05) is 60.7 Å². The molecule has 0 radical (unpaired) electrons. The van der Waals surface area contributed by atoms with Gasteiger partial charge in [0.15, 0.2) is 6.04 Å². The van der Waals surface area contributed by atoms with Gasteiger partial charge in [-0.05, 0) is 33.7 Å². The molecule has 0 aliphatic heterocycles. The number of carboxylic acid groups (broad SMARTS) is 1. The van der Waals surface area contributed by atoms with Crippen molar-refractivity contribution < 1.29 is 24.2 Å². The van der Waals surface area contributed by atoms with Gasteiger partial charge in [-0.2, -0.15) is 0 Å². The maximum atomic E-state index is 12.1. The zero-order valence-corrected chi connectivity index (χ0v) is 18.4. The molecule has 0 saturated heterocycles. The summed E-state index contributed by atoms with van der Waals surface area (Å²) in [6.07, 6.45) is 2.03. The van der Waals surface area contributed by atoms with Crippen LogP contribution in [0, 0.1) is 0 Å². The second-order valence-corrected chi connectivity index (χ2v) is 8.38. The van der Waals surface area contributed by atoms with Gasteiger partial charge in [0.05, 0.1) is 0 Å². The van der Waals surface area contributed by atoms with Crippen LogP contribution in [0.5, 0.6) is 0 Å². The highest BCUT2D eigenvalue weighted by Crippen LogP contribution is 2.44. The zero-order chi connectivity index (χ0) is 23.2. The smallest absolute Gasteiger partial charge is 0.407 e. The van der Waals surface area contributed by atoms with Crippen molar-refractivity contribution in [3.8, 4) is 11.1 Å². The predicted octanol–water partition coefficient (Wildman–Crippen LogP) is 4.08. The number of carbonyl (C=O) groups is 3. The summed E-state index contributed by atoms with van der Waals surface area (Å²) in [5, 5.41) is 16.0. The van der Waals surface area contributed by atoms with Gasteiger partial charge in [0, 0.05) is 23.4 Å². The molecule has 0 saturated carbocycles. The second-order valence-electron chi connectivity index (χ2n) is 7.40. The van der Waals surface area contributed by atoms with Crippen molar-refractivity contribution in [3.63, 3.8) is 0 Å². The van der Waals surface area contributed by atoms with Gasteiger partial charge < -0.3 is 20.5 Å². The number of nitrogens with one attached hydrogen (secondary N) is 2. The number of ether oxygens (including phenoxy) is 1. The lowest BCUT2D eigenvalue weighted by Gasteiger charge is -2.14. The highest BCUT2D eigenvalue weighted by atomic mass is 32.1. The summed E-state index contributed by atoms with van der Waals surface area (Å²) >= 11 is 1.25. The lowest BCUT2D eigenvalue weighted by atomic mass is 9.98. The molecule has 33 heavy (non-hydrogen) atoms. The van der Waals surface area contributed by atoms with Crippen molar-refractivity contribution in [3.05, 3.63) is 94.2 Å². The number of fused-ring (bicyclic) bond motifs is 3. The van der Waals surface area contributed by atoms with Crippen molar-refractivity contribution in [2.24, 2.45) is 0 Å². The number of rotatable bonds is 8. The van der Waals surface area contributed by atoms with Gasteiger partial charge in [0.25, 0.3) is 0 Å². The van der Waals surface area contributed by atoms with Gasteiger partial charge in [-0.25, -0.2) is 9.59 Å². The van der Waals surface area contributed by atoms with E-state index < -0.39 is 24.0 Å². The van der Waals surface area contributed by atoms with Crippen molar-refractivity contribution in [2.45, 2.75) is 12.0 Å². The molecule has 4 rings (SSSR count). The fourth-order valence-corrected chi connectivity index (χ4v) is 4.63. The average Bonchev–Trinajstić information content (AvgIpc) is 3.45. The Kier molecular flexibility index (Phi) is 6.85. The third-order valence-corrected chi connectivity index (χ3v) is 6.28. The molecule has 0 spiro atoms. The molecule has 2 aromatic carbocycles. The number of carboxylic acids is 1. The number of amides is 2.